The van der Waals surface area contributed by atoms with Crippen molar-refractivity contribution in [3.63, 3.8) is 0 Å². The van der Waals surface area contributed by atoms with E-state index in [1.807, 2.05) is 0 Å². The Bertz CT molecular complexity index is 304. The Labute approximate surface area is 86.6 Å². The molecule has 1 heteroatoms. The predicted molar refractivity (Wildman–Crippen MR) is 58.0 cm³/mol. The SMILES string of the molecule is C=C1CC[C@@]2(C)[C@H](C)CCC(=O)[C@@]12C. The van der Waals surface area contributed by atoms with Crippen LogP contribution in [-0.2, 0) is 4.79 Å². The van der Waals surface area contributed by atoms with E-state index in [1.54, 1.807) is 0 Å². The summed E-state index contributed by atoms with van der Waals surface area (Å²) < 4.78 is 0. The molecule has 0 N–H and O–H groups in total. The van der Waals surface area contributed by atoms with Crippen molar-refractivity contribution in [3.8, 4) is 0 Å². The van der Waals surface area contributed by atoms with Crippen molar-refractivity contribution in [2.24, 2.45) is 16.7 Å². The highest BCUT2D eigenvalue weighted by Crippen LogP contribution is 2.63. The molecular weight excluding hydrogens is 172 g/mol. The number of Topliss-reactive ketones (excluding diaryl/α,β-unsaturated/α-hetero) is 1. The van der Waals surface area contributed by atoms with Crippen LogP contribution < -0.4 is 0 Å². The Kier molecular flexibility index (Phi) is 1.93. The van der Waals surface area contributed by atoms with Crippen LogP contribution in [-0.4, -0.2) is 5.78 Å². The van der Waals surface area contributed by atoms with Crippen molar-refractivity contribution in [2.75, 3.05) is 0 Å². The van der Waals surface area contributed by atoms with Gasteiger partial charge in [0.1, 0.15) is 5.78 Å². The molecule has 0 bridgehead atoms. The topological polar surface area (TPSA) is 17.1 Å². The molecule has 0 aromatic carbocycles. The Morgan fingerprint density at radius 2 is 2.00 bits per heavy atom. The molecule has 0 radical (unpaired) electrons. The number of hydrogen-bond donors (Lipinski definition) is 0. The highest BCUT2D eigenvalue weighted by atomic mass is 16.1. The molecule has 0 heterocycles. The van der Waals surface area contributed by atoms with Crippen LogP contribution in [0.3, 0.4) is 0 Å². The molecule has 0 spiro atoms. The fourth-order valence-electron chi connectivity index (χ4n) is 3.49. The van der Waals surface area contributed by atoms with Crippen LogP contribution in [0.4, 0.5) is 0 Å². The zero-order valence-corrected chi connectivity index (χ0v) is 9.52. The summed E-state index contributed by atoms with van der Waals surface area (Å²) in [4.78, 5) is 12.1. The fourth-order valence-corrected chi connectivity index (χ4v) is 3.49. The lowest BCUT2D eigenvalue weighted by molar-refractivity contribution is -0.137. The van der Waals surface area contributed by atoms with Gasteiger partial charge >= 0.3 is 0 Å². The van der Waals surface area contributed by atoms with E-state index < -0.39 is 0 Å². The number of allylic oxidation sites excluding steroid dienone is 1. The monoisotopic (exact) mass is 192 g/mol. The van der Waals surface area contributed by atoms with Gasteiger partial charge in [-0.1, -0.05) is 26.0 Å². The van der Waals surface area contributed by atoms with Crippen molar-refractivity contribution in [3.05, 3.63) is 12.2 Å². The second-order valence-corrected chi connectivity index (χ2v) is 5.51. The first-order chi connectivity index (χ1) is 6.43. The molecule has 0 saturated heterocycles. The van der Waals surface area contributed by atoms with Gasteiger partial charge in [0.2, 0.25) is 0 Å². The normalized spacial score (nSPS) is 48.1. The molecule has 0 aromatic heterocycles. The summed E-state index contributed by atoms with van der Waals surface area (Å²) in [6.45, 7) is 10.8. The van der Waals surface area contributed by atoms with E-state index in [0.29, 0.717) is 11.7 Å². The zero-order valence-electron chi connectivity index (χ0n) is 9.52. The molecule has 2 fully saturated rings. The minimum Gasteiger partial charge on any atom is -0.299 e. The second kappa shape index (κ2) is 2.71. The maximum atomic E-state index is 12.1. The predicted octanol–water partition coefficient (Wildman–Crippen LogP) is 3.35. The van der Waals surface area contributed by atoms with Gasteiger partial charge < -0.3 is 0 Å². The quantitative estimate of drug-likeness (QED) is 0.538. The molecule has 0 aromatic rings. The molecular formula is C13H20O. The van der Waals surface area contributed by atoms with Gasteiger partial charge in [-0.2, -0.15) is 0 Å². The van der Waals surface area contributed by atoms with E-state index >= 15 is 0 Å². The second-order valence-electron chi connectivity index (χ2n) is 5.51. The van der Waals surface area contributed by atoms with Crippen molar-refractivity contribution in [1.29, 1.82) is 0 Å². The molecule has 0 amide bonds. The fraction of sp³-hybridized carbons (Fsp3) is 0.769. The largest absolute Gasteiger partial charge is 0.299 e. The number of carbonyl (C=O) groups excluding carboxylic acids is 1. The Hall–Kier alpha value is -0.590. The van der Waals surface area contributed by atoms with Crippen molar-refractivity contribution >= 4 is 5.78 Å². The molecule has 0 unspecified atom stereocenters. The molecule has 0 aliphatic heterocycles. The summed E-state index contributed by atoms with van der Waals surface area (Å²) >= 11 is 0. The van der Waals surface area contributed by atoms with E-state index in [9.17, 15) is 4.79 Å². The summed E-state index contributed by atoms with van der Waals surface area (Å²) in [7, 11) is 0. The minimum absolute atomic E-state index is 0.180. The molecule has 78 valence electrons. The number of fused-ring (bicyclic) bond motifs is 1. The van der Waals surface area contributed by atoms with Gasteiger partial charge in [0, 0.05) is 6.42 Å². The zero-order chi connectivity index (χ0) is 10.6. The standard InChI is InChI=1S/C13H20O/c1-9-5-6-11(14)13(4)10(2)7-8-12(9,13)3/h9H,2,5-8H2,1,3-4H3/t9-,12+,13-/m1/s1. The van der Waals surface area contributed by atoms with Gasteiger partial charge in [0.15, 0.2) is 0 Å². The van der Waals surface area contributed by atoms with E-state index in [1.165, 1.54) is 5.57 Å². The number of hydrogen-bond acceptors (Lipinski definition) is 1. The molecule has 14 heavy (non-hydrogen) atoms. The maximum absolute atomic E-state index is 12.1. The summed E-state index contributed by atoms with van der Waals surface area (Å²) in [6, 6.07) is 0. The van der Waals surface area contributed by atoms with E-state index in [-0.39, 0.29) is 10.8 Å². The van der Waals surface area contributed by atoms with Crippen LogP contribution in [0.15, 0.2) is 12.2 Å². The summed E-state index contributed by atoms with van der Waals surface area (Å²) in [5.41, 5.74) is 1.14. The van der Waals surface area contributed by atoms with Crippen LogP contribution in [0, 0.1) is 16.7 Å². The number of rotatable bonds is 0. The highest BCUT2D eigenvalue weighted by Gasteiger charge is 2.59. The van der Waals surface area contributed by atoms with E-state index in [0.717, 1.165) is 25.7 Å². The third-order valence-corrected chi connectivity index (χ3v) is 5.25. The summed E-state index contributed by atoms with van der Waals surface area (Å²) in [5.74, 6) is 1.09. The molecule has 2 rings (SSSR count). The van der Waals surface area contributed by atoms with Crippen LogP contribution >= 0.6 is 0 Å². The third-order valence-electron chi connectivity index (χ3n) is 5.25. The van der Waals surface area contributed by atoms with E-state index in [2.05, 4.69) is 27.4 Å². The van der Waals surface area contributed by atoms with Crippen molar-refractivity contribution in [2.45, 2.75) is 46.5 Å². The first-order valence-electron chi connectivity index (χ1n) is 5.64. The van der Waals surface area contributed by atoms with Crippen LogP contribution in [0.2, 0.25) is 0 Å². The number of carbonyl (C=O) groups is 1. The molecule has 1 nitrogen and oxygen atoms in total. The van der Waals surface area contributed by atoms with Crippen molar-refractivity contribution < 1.29 is 4.79 Å². The third kappa shape index (κ3) is 0.884. The minimum atomic E-state index is -0.218. The first kappa shape index (κ1) is 9.95. The molecule has 3 atom stereocenters. The van der Waals surface area contributed by atoms with Gasteiger partial charge in [0.05, 0.1) is 5.41 Å². The average molecular weight is 192 g/mol. The van der Waals surface area contributed by atoms with Gasteiger partial charge in [-0.25, -0.2) is 0 Å². The van der Waals surface area contributed by atoms with Crippen molar-refractivity contribution in [1.82, 2.24) is 0 Å². The number of ketones is 1. The van der Waals surface area contributed by atoms with Gasteiger partial charge in [-0.05, 0) is 37.5 Å². The van der Waals surface area contributed by atoms with E-state index in [4.69, 9.17) is 0 Å². The lowest BCUT2D eigenvalue weighted by atomic mass is 9.54. The van der Waals surface area contributed by atoms with Gasteiger partial charge in [0.25, 0.3) is 0 Å². The van der Waals surface area contributed by atoms with Gasteiger partial charge in [-0.3, -0.25) is 4.79 Å². The summed E-state index contributed by atoms with van der Waals surface area (Å²) in [6.07, 6.45) is 4.02. The summed E-state index contributed by atoms with van der Waals surface area (Å²) in [5, 5.41) is 0. The van der Waals surface area contributed by atoms with Crippen LogP contribution in [0.1, 0.15) is 46.5 Å². The van der Waals surface area contributed by atoms with Crippen LogP contribution in [0.25, 0.3) is 0 Å². The van der Waals surface area contributed by atoms with Crippen LogP contribution in [0.5, 0.6) is 0 Å². The maximum Gasteiger partial charge on any atom is 0.143 e. The average Bonchev–Trinajstić information content (AvgIpc) is 2.39. The van der Waals surface area contributed by atoms with Gasteiger partial charge in [-0.15, -0.1) is 0 Å². The Morgan fingerprint density at radius 1 is 1.36 bits per heavy atom. The first-order valence-corrected chi connectivity index (χ1v) is 5.64. The Balaban J connectivity index is 2.51. The highest BCUT2D eigenvalue weighted by molar-refractivity contribution is 5.90. The molecule has 2 aliphatic carbocycles. The molecule has 2 saturated carbocycles. The lowest BCUT2D eigenvalue weighted by Gasteiger charge is -2.48. The Morgan fingerprint density at radius 3 is 2.57 bits per heavy atom. The molecule has 2 aliphatic rings. The smallest absolute Gasteiger partial charge is 0.143 e. The lowest BCUT2D eigenvalue weighted by Crippen LogP contribution is -2.48.